The van der Waals surface area contributed by atoms with Crippen LogP contribution in [0.3, 0.4) is 0 Å². The minimum Gasteiger partial charge on any atom is -0.355 e. The predicted molar refractivity (Wildman–Crippen MR) is 238 cm³/mol. The maximum atomic E-state index is 4.13. The lowest BCUT2D eigenvalue weighted by Gasteiger charge is -2.43. The molecule has 0 saturated heterocycles. The van der Waals surface area contributed by atoms with Crippen LogP contribution in [0.25, 0.3) is 33.5 Å². The molecule has 55 heavy (non-hydrogen) atoms. The van der Waals surface area contributed by atoms with Gasteiger partial charge in [0.15, 0.2) is 0 Å². The van der Waals surface area contributed by atoms with Gasteiger partial charge in [-0.3, -0.25) is 0 Å². The van der Waals surface area contributed by atoms with Crippen molar-refractivity contribution in [1.29, 1.82) is 0 Å². The van der Waals surface area contributed by atoms with Crippen molar-refractivity contribution < 1.29 is 0 Å². The Balaban J connectivity index is 0.000000609. The smallest absolute Gasteiger partial charge is 0.0654 e. The SMILES string of the molecule is C=C/C=C(Nc1cccc(-c2cccc(-c3ccccc3)c2)c1)\C(=C1\c2ccccc2N1C1=CC2C=CC=CC2C=C1)c1ccccc1.C=C/C=C\C=C/C. The molecule has 2 heteroatoms. The lowest BCUT2D eigenvalue weighted by atomic mass is 9.82. The number of nitrogens with zero attached hydrogens (tertiary/aromatic N) is 1. The third-order valence-electron chi connectivity index (χ3n) is 9.81. The van der Waals surface area contributed by atoms with E-state index in [0.717, 1.165) is 28.1 Å². The summed E-state index contributed by atoms with van der Waals surface area (Å²) in [5.74, 6) is 0.739. The highest BCUT2D eigenvalue weighted by Gasteiger charge is 2.36. The van der Waals surface area contributed by atoms with Gasteiger partial charge < -0.3 is 10.2 Å². The van der Waals surface area contributed by atoms with Gasteiger partial charge in [-0.05, 0) is 71.2 Å². The third kappa shape index (κ3) is 8.35. The van der Waals surface area contributed by atoms with Crippen LogP contribution in [0.1, 0.15) is 18.1 Å². The van der Waals surface area contributed by atoms with E-state index in [4.69, 9.17) is 0 Å². The number of hydrogen-bond acceptors (Lipinski definition) is 2. The van der Waals surface area contributed by atoms with Gasteiger partial charge in [0.1, 0.15) is 0 Å². The molecule has 0 aromatic heterocycles. The van der Waals surface area contributed by atoms with Gasteiger partial charge in [0.05, 0.1) is 11.4 Å². The summed E-state index contributed by atoms with van der Waals surface area (Å²) in [4.78, 5) is 2.42. The first-order valence-electron chi connectivity index (χ1n) is 18.9. The summed E-state index contributed by atoms with van der Waals surface area (Å²) >= 11 is 0. The first-order chi connectivity index (χ1) is 27.2. The number of benzene rings is 5. The molecular formula is C53H46N2. The normalized spacial score (nSPS) is 17.7. The van der Waals surface area contributed by atoms with E-state index in [1.54, 1.807) is 6.08 Å². The number of para-hydroxylation sites is 1. The Hall–Kier alpha value is -6.90. The molecule has 2 aliphatic carbocycles. The number of nitrogens with one attached hydrogen (secondary N) is 1. The number of allylic oxidation sites excluding steroid dienone is 15. The second kappa shape index (κ2) is 17.7. The standard InChI is InChI=1S/C46H36N2.C7H10/c1-2-15-43(47-40-25-14-24-38(31-40)37-23-13-22-36(30-37)33-16-5-3-6-17-33)45(35-19-7-4-8-20-35)46-42-26-11-12-27-44(42)48(46)41-29-28-34-18-9-10-21-39(34)32-41;1-3-5-7-6-4-2/h2-32,34,39,47H,1H2;3-7H,1H2,2H3/b43-15+,46-45-;6-4-,7-5-. The summed E-state index contributed by atoms with van der Waals surface area (Å²) in [7, 11) is 0. The second-order valence-corrected chi connectivity index (χ2v) is 13.4. The minimum absolute atomic E-state index is 0.341. The fourth-order valence-electron chi connectivity index (χ4n) is 7.21. The van der Waals surface area contributed by atoms with Gasteiger partial charge in [0.2, 0.25) is 0 Å². The van der Waals surface area contributed by atoms with Crippen molar-refractivity contribution in [2.75, 3.05) is 10.2 Å². The van der Waals surface area contributed by atoms with Gasteiger partial charge in [-0.1, -0.05) is 195 Å². The molecule has 1 N–H and O–H groups in total. The molecule has 2 unspecified atom stereocenters. The Kier molecular flexibility index (Phi) is 11.8. The van der Waals surface area contributed by atoms with E-state index in [1.165, 1.54) is 39.3 Å². The molecule has 1 heterocycles. The van der Waals surface area contributed by atoms with Crippen LogP contribution in [0.4, 0.5) is 11.4 Å². The van der Waals surface area contributed by atoms with Crippen LogP contribution in [0.15, 0.2) is 243 Å². The van der Waals surface area contributed by atoms with Gasteiger partial charge in [-0.15, -0.1) is 0 Å². The van der Waals surface area contributed by atoms with Gasteiger partial charge in [0.25, 0.3) is 0 Å². The number of rotatable bonds is 10. The Morgan fingerprint density at radius 3 is 2.02 bits per heavy atom. The van der Waals surface area contributed by atoms with Crippen molar-refractivity contribution in [1.82, 2.24) is 0 Å². The Bertz CT molecular complexity index is 2400. The van der Waals surface area contributed by atoms with Crippen LogP contribution in [-0.2, 0) is 0 Å². The van der Waals surface area contributed by atoms with Gasteiger partial charge in [-0.25, -0.2) is 0 Å². The van der Waals surface area contributed by atoms with E-state index < -0.39 is 0 Å². The largest absolute Gasteiger partial charge is 0.355 e. The minimum atomic E-state index is 0.341. The molecule has 8 rings (SSSR count). The highest BCUT2D eigenvalue weighted by Crippen LogP contribution is 2.51. The number of anilines is 2. The fourth-order valence-corrected chi connectivity index (χ4v) is 7.21. The third-order valence-corrected chi connectivity index (χ3v) is 9.81. The van der Waals surface area contributed by atoms with Crippen LogP contribution in [0.5, 0.6) is 0 Å². The van der Waals surface area contributed by atoms with Crippen molar-refractivity contribution in [2.45, 2.75) is 6.92 Å². The first-order valence-corrected chi connectivity index (χ1v) is 18.9. The van der Waals surface area contributed by atoms with Crippen LogP contribution >= 0.6 is 0 Å². The summed E-state index contributed by atoms with van der Waals surface area (Å²) in [6, 6.07) is 47.4. The van der Waals surface area contributed by atoms with Crippen LogP contribution < -0.4 is 10.2 Å². The van der Waals surface area contributed by atoms with E-state index >= 15 is 0 Å². The second-order valence-electron chi connectivity index (χ2n) is 13.4. The molecule has 1 aliphatic heterocycles. The average Bonchev–Trinajstić information content (AvgIpc) is 3.24. The maximum absolute atomic E-state index is 4.13. The molecule has 2 nitrogen and oxygen atoms in total. The van der Waals surface area contributed by atoms with Crippen molar-refractivity contribution >= 4 is 22.6 Å². The number of fused-ring (bicyclic) bond motifs is 2. The Morgan fingerprint density at radius 1 is 0.618 bits per heavy atom. The molecule has 2 atom stereocenters. The molecule has 3 aliphatic rings. The average molecular weight is 711 g/mol. The lowest BCUT2D eigenvalue weighted by Crippen LogP contribution is -2.33. The van der Waals surface area contributed by atoms with Crippen LogP contribution in [0, 0.1) is 11.8 Å². The summed E-state index contributed by atoms with van der Waals surface area (Å²) in [6.45, 7) is 9.63. The lowest BCUT2D eigenvalue weighted by molar-refractivity contribution is 0.652. The quantitative estimate of drug-likeness (QED) is 0.145. The first kappa shape index (κ1) is 36.5. The predicted octanol–water partition coefficient (Wildman–Crippen LogP) is 14.0. The highest BCUT2D eigenvalue weighted by molar-refractivity contribution is 6.14. The van der Waals surface area contributed by atoms with Crippen molar-refractivity contribution in [2.24, 2.45) is 11.8 Å². The van der Waals surface area contributed by atoms with Crippen LogP contribution in [-0.4, -0.2) is 0 Å². The van der Waals surface area contributed by atoms with E-state index in [-0.39, 0.29) is 0 Å². The zero-order valence-electron chi connectivity index (χ0n) is 31.3. The molecule has 5 aromatic rings. The molecule has 0 fully saturated rings. The van der Waals surface area contributed by atoms with E-state index in [0.29, 0.717) is 11.8 Å². The van der Waals surface area contributed by atoms with Crippen molar-refractivity contribution in [3.05, 3.63) is 254 Å². The van der Waals surface area contributed by atoms with E-state index in [2.05, 4.69) is 205 Å². The summed E-state index contributed by atoms with van der Waals surface area (Å²) in [5.41, 5.74) is 13.8. The van der Waals surface area contributed by atoms with Crippen LogP contribution in [0.2, 0.25) is 0 Å². The fraction of sp³-hybridized carbons (Fsp3) is 0.0566. The zero-order chi connectivity index (χ0) is 37.8. The Labute approximate surface area is 326 Å². The van der Waals surface area contributed by atoms with Gasteiger partial charge in [0, 0.05) is 40.1 Å². The summed E-state index contributed by atoms with van der Waals surface area (Å²) in [6.07, 6.45) is 29.4. The molecular weight excluding hydrogens is 665 g/mol. The van der Waals surface area contributed by atoms with Crippen molar-refractivity contribution in [3.63, 3.8) is 0 Å². The summed E-state index contributed by atoms with van der Waals surface area (Å²) < 4.78 is 0. The molecule has 0 amide bonds. The van der Waals surface area contributed by atoms with Crippen molar-refractivity contribution in [3.8, 4) is 22.3 Å². The van der Waals surface area contributed by atoms with E-state index in [1.807, 2.05) is 37.3 Å². The monoisotopic (exact) mass is 710 g/mol. The molecule has 0 spiro atoms. The summed E-state index contributed by atoms with van der Waals surface area (Å²) in [5, 5.41) is 3.83. The molecule has 0 radical (unpaired) electrons. The highest BCUT2D eigenvalue weighted by atomic mass is 15.2. The Morgan fingerprint density at radius 2 is 1.27 bits per heavy atom. The molecule has 268 valence electrons. The van der Waals surface area contributed by atoms with E-state index in [9.17, 15) is 0 Å². The maximum Gasteiger partial charge on any atom is 0.0654 e. The van der Waals surface area contributed by atoms with Gasteiger partial charge >= 0.3 is 0 Å². The topological polar surface area (TPSA) is 15.3 Å². The number of hydrogen-bond donors (Lipinski definition) is 1. The van der Waals surface area contributed by atoms with Gasteiger partial charge in [-0.2, -0.15) is 0 Å². The zero-order valence-corrected chi connectivity index (χ0v) is 31.3. The molecule has 0 saturated carbocycles. The molecule has 5 aromatic carbocycles. The molecule has 0 bridgehead atoms.